The van der Waals surface area contributed by atoms with Crippen LogP contribution in [0.15, 0.2) is 24.7 Å². The Morgan fingerprint density at radius 2 is 2.29 bits per heavy atom. The first-order valence-electron chi connectivity index (χ1n) is 5.74. The molecule has 17 heavy (non-hydrogen) atoms. The van der Waals surface area contributed by atoms with Crippen LogP contribution in [0.3, 0.4) is 0 Å². The highest BCUT2D eigenvalue weighted by atomic mass is 79.9. The van der Waals surface area contributed by atoms with Crippen LogP contribution in [-0.2, 0) is 14.3 Å². The Balaban J connectivity index is 2.97. The van der Waals surface area contributed by atoms with Gasteiger partial charge < -0.3 is 9.47 Å². The van der Waals surface area contributed by atoms with Crippen molar-refractivity contribution in [3.05, 3.63) is 24.7 Å². The predicted molar refractivity (Wildman–Crippen MR) is 70.7 cm³/mol. The zero-order valence-corrected chi connectivity index (χ0v) is 12.1. The van der Waals surface area contributed by atoms with E-state index < -0.39 is 11.0 Å². The first-order chi connectivity index (χ1) is 8.00. The van der Waals surface area contributed by atoms with Gasteiger partial charge in [0.1, 0.15) is 11.0 Å². The van der Waals surface area contributed by atoms with Gasteiger partial charge in [-0.1, -0.05) is 22.0 Å². The molecule has 0 fully saturated rings. The molecule has 4 heteroatoms. The van der Waals surface area contributed by atoms with Crippen LogP contribution in [0.2, 0.25) is 0 Å². The number of hydrogen-bond donors (Lipinski definition) is 0. The number of cyclic esters (lactones) is 1. The molecule has 1 atom stereocenters. The summed E-state index contributed by atoms with van der Waals surface area (Å²) in [4.78, 5) is 12.0. The number of ether oxygens (including phenoxy) is 2. The smallest absolute Gasteiger partial charge is 0.324 e. The van der Waals surface area contributed by atoms with Gasteiger partial charge in [0.15, 0.2) is 0 Å². The molecule has 1 aliphatic heterocycles. The van der Waals surface area contributed by atoms with E-state index in [1.165, 1.54) is 6.26 Å². The first kappa shape index (κ1) is 14.3. The average molecular weight is 303 g/mol. The maximum Gasteiger partial charge on any atom is 0.324 e. The number of carbonyl (C=O) groups is 1. The Hall–Kier alpha value is -0.770. The topological polar surface area (TPSA) is 35.5 Å². The van der Waals surface area contributed by atoms with Gasteiger partial charge in [0.05, 0.1) is 12.5 Å². The largest absolute Gasteiger partial charge is 0.494 e. The van der Waals surface area contributed by atoms with Gasteiger partial charge in [0.2, 0.25) is 0 Å². The number of esters is 1. The van der Waals surface area contributed by atoms with Gasteiger partial charge in [-0.15, -0.1) is 0 Å². The van der Waals surface area contributed by atoms with Crippen molar-refractivity contribution in [1.82, 2.24) is 0 Å². The summed E-state index contributed by atoms with van der Waals surface area (Å²) < 4.78 is 10.7. The molecule has 0 aromatic rings. The van der Waals surface area contributed by atoms with Gasteiger partial charge in [-0.2, -0.15) is 0 Å². The Morgan fingerprint density at radius 3 is 2.76 bits per heavy atom. The lowest BCUT2D eigenvalue weighted by atomic mass is 9.71. The molecular formula is C13H19BrO3. The number of rotatable bonds is 6. The second-order valence-corrected chi connectivity index (χ2v) is 5.36. The van der Waals surface area contributed by atoms with Crippen molar-refractivity contribution in [1.29, 1.82) is 0 Å². The molecular weight excluding hydrogens is 284 g/mol. The van der Waals surface area contributed by atoms with Crippen molar-refractivity contribution < 1.29 is 14.3 Å². The first-order valence-corrected chi connectivity index (χ1v) is 6.86. The van der Waals surface area contributed by atoms with E-state index in [0.717, 1.165) is 11.8 Å². The van der Waals surface area contributed by atoms with Crippen molar-refractivity contribution >= 4 is 21.9 Å². The monoisotopic (exact) mass is 302 g/mol. The molecule has 0 aromatic carbocycles. The van der Waals surface area contributed by atoms with Gasteiger partial charge in [-0.25, -0.2) is 0 Å². The van der Waals surface area contributed by atoms with E-state index in [1.807, 2.05) is 32.9 Å². The molecule has 0 bridgehead atoms. The molecule has 1 aliphatic rings. The van der Waals surface area contributed by atoms with Gasteiger partial charge >= 0.3 is 5.97 Å². The van der Waals surface area contributed by atoms with Crippen molar-refractivity contribution in [3.8, 4) is 0 Å². The second kappa shape index (κ2) is 5.71. The highest BCUT2D eigenvalue weighted by molar-refractivity contribution is 9.09. The molecule has 1 heterocycles. The number of halogens is 1. The second-order valence-electron chi connectivity index (χ2n) is 4.57. The minimum atomic E-state index is -0.694. The average Bonchev–Trinajstić information content (AvgIpc) is 2.67. The maximum absolute atomic E-state index is 12.0. The Morgan fingerprint density at radius 1 is 1.59 bits per heavy atom. The molecule has 0 saturated heterocycles. The minimum absolute atomic E-state index is 0.229. The summed E-state index contributed by atoms with van der Waals surface area (Å²) in [6.45, 7) is 5.71. The summed E-state index contributed by atoms with van der Waals surface area (Å²) in [5.74, 6) is -0.229. The van der Waals surface area contributed by atoms with Crippen LogP contribution >= 0.6 is 15.9 Å². The molecule has 0 saturated carbocycles. The molecule has 0 N–H and O–H groups in total. The van der Waals surface area contributed by atoms with Crippen LogP contribution in [0.25, 0.3) is 0 Å². The van der Waals surface area contributed by atoms with Crippen molar-refractivity contribution in [2.24, 2.45) is 5.41 Å². The third kappa shape index (κ3) is 2.73. The number of alkyl halides is 1. The number of hydrogen-bond acceptors (Lipinski definition) is 3. The van der Waals surface area contributed by atoms with E-state index in [1.54, 1.807) is 6.26 Å². The Kier molecular flexibility index (Phi) is 4.80. The standard InChI is InChI=1S/C13H19BrO3/c1-4-9-17-12(2,3)13(6-5-8-14)7-10-16-11(13)15/h4,7,9-10H,5-6,8H2,1-3H3/b9-4+. The normalized spacial score (nSPS) is 24.4. The summed E-state index contributed by atoms with van der Waals surface area (Å²) in [5.41, 5.74) is -1.31. The van der Waals surface area contributed by atoms with Crippen LogP contribution in [0.4, 0.5) is 0 Å². The van der Waals surface area contributed by atoms with E-state index in [9.17, 15) is 4.79 Å². The molecule has 0 aliphatic carbocycles. The molecule has 3 nitrogen and oxygen atoms in total. The van der Waals surface area contributed by atoms with E-state index >= 15 is 0 Å². The molecule has 96 valence electrons. The third-order valence-electron chi connectivity index (χ3n) is 3.17. The summed E-state index contributed by atoms with van der Waals surface area (Å²) in [5, 5.41) is 0.857. The van der Waals surface area contributed by atoms with Crippen LogP contribution in [0.5, 0.6) is 0 Å². The fourth-order valence-electron chi connectivity index (χ4n) is 2.01. The number of allylic oxidation sites excluding steroid dienone is 1. The summed E-state index contributed by atoms with van der Waals surface area (Å²) in [7, 11) is 0. The fraction of sp³-hybridized carbons (Fsp3) is 0.615. The predicted octanol–water partition coefficient (Wildman–Crippen LogP) is 3.55. The van der Waals surface area contributed by atoms with Gasteiger partial charge in [-0.3, -0.25) is 4.79 Å². The minimum Gasteiger partial charge on any atom is -0.494 e. The fourth-order valence-corrected chi connectivity index (χ4v) is 2.29. The van der Waals surface area contributed by atoms with Crippen LogP contribution in [0.1, 0.15) is 33.6 Å². The van der Waals surface area contributed by atoms with Crippen LogP contribution < -0.4 is 0 Å². The molecule has 0 radical (unpaired) electrons. The SMILES string of the molecule is C/C=C/OC(C)(C)C1(CCCBr)C=COC1=O. The molecule has 0 amide bonds. The highest BCUT2D eigenvalue weighted by Gasteiger charge is 2.53. The van der Waals surface area contributed by atoms with Crippen molar-refractivity contribution in [2.75, 3.05) is 5.33 Å². The lowest BCUT2D eigenvalue weighted by molar-refractivity contribution is -0.157. The zero-order valence-electron chi connectivity index (χ0n) is 10.5. The Bertz CT molecular complexity index is 334. The molecule has 0 aromatic heterocycles. The van der Waals surface area contributed by atoms with Crippen LogP contribution in [-0.4, -0.2) is 16.9 Å². The van der Waals surface area contributed by atoms with Gasteiger partial charge in [0.25, 0.3) is 0 Å². The van der Waals surface area contributed by atoms with Crippen LogP contribution in [0, 0.1) is 5.41 Å². The number of carbonyl (C=O) groups excluding carboxylic acids is 1. The highest BCUT2D eigenvalue weighted by Crippen LogP contribution is 2.44. The van der Waals surface area contributed by atoms with Gasteiger partial charge in [0, 0.05) is 5.33 Å². The molecule has 1 rings (SSSR count). The van der Waals surface area contributed by atoms with Gasteiger partial charge in [-0.05, 0) is 39.7 Å². The zero-order chi connectivity index (χ0) is 12.9. The molecule has 0 spiro atoms. The summed E-state index contributed by atoms with van der Waals surface area (Å²) >= 11 is 3.39. The molecule has 1 unspecified atom stereocenters. The lowest BCUT2D eigenvalue weighted by Crippen LogP contribution is -2.48. The summed E-state index contributed by atoms with van der Waals surface area (Å²) in [6, 6.07) is 0. The third-order valence-corrected chi connectivity index (χ3v) is 3.73. The lowest BCUT2D eigenvalue weighted by Gasteiger charge is -2.39. The van der Waals surface area contributed by atoms with Crippen molar-refractivity contribution in [2.45, 2.75) is 39.2 Å². The van der Waals surface area contributed by atoms with Crippen molar-refractivity contribution in [3.63, 3.8) is 0 Å². The Labute approximate surface area is 111 Å². The van der Waals surface area contributed by atoms with E-state index in [2.05, 4.69) is 15.9 Å². The maximum atomic E-state index is 12.0. The van der Waals surface area contributed by atoms with E-state index in [-0.39, 0.29) is 5.97 Å². The summed E-state index contributed by atoms with van der Waals surface area (Å²) in [6.07, 6.45) is 8.32. The quantitative estimate of drug-likeness (QED) is 0.428. The van der Waals surface area contributed by atoms with E-state index in [0.29, 0.717) is 6.42 Å². The van der Waals surface area contributed by atoms with E-state index in [4.69, 9.17) is 9.47 Å².